The van der Waals surface area contributed by atoms with Gasteiger partial charge in [0.25, 0.3) is 5.91 Å². The van der Waals surface area contributed by atoms with Crippen molar-refractivity contribution in [3.8, 4) is 0 Å². The SMILES string of the molecule is O=C(O)CC1CCCN(C(=O)c2coc3ccccc23)C1. The molecule has 5 heteroatoms. The maximum Gasteiger partial charge on any atom is 0.303 e. The average molecular weight is 287 g/mol. The fourth-order valence-electron chi connectivity index (χ4n) is 2.98. The van der Waals surface area contributed by atoms with Gasteiger partial charge >= 0.3 is 5.97 Å². The van der Waals surface area contributed by atoms with Crippen molar-refractivity contribution in [2.75, 3.05) is 13.1 Å². The number of carboxylic acid groups (broad SMARTS) is 1. The quantitative estimate of drug-likeness (QED) is 0.942. The third kappa shape index (κ3) is 2.77. The van der Waals surface area contributed by atoms with Crippen LogP contribution < -0.4 is 0 Å². The first-order valence-electron chi connectivity index (χ1n) is 7.12. The van der Waals surface area contributed by atoms with Crippen molar-refractivity contribution in [1.82, 2.24) is 4.90 Å². The van der Waals surface area contributed by atoms with E-state index in [0.717, 1.165) is 18.2 Å². The number of benzene rings is 1. The minimum atomic E-state index is -0.803. The number of fused-ring (bicyclic) bond motifs is 1. The third-order valence-corrected chi connectivity index (χ3v) is 3.98. The summed E-state index contributed by atoms with van der Waals surface area (Å²) < 4.78 is 5.41. The molecule has 1 atom stereocenters. The van der Waals surface area contributed by atoms with E-state index in [2.05, 4.69) is 0 Å². The molecule has 0 spiro atoms. The fraction of sp³-hybridized carbons (Fsp3) is 0.375. The minimum absolute atomic E-state index is 0.0402. The predicted molar refractivity (Wildman–Crippen MR) is 77.1 cm³/mol. The van der Waals surface area contributed by atoms with E-state index < -0.39 is 5.97 Å². The van der Waals surface area contributed by atoms with Crippen molar-refractivity contribution in [2.24, 2.45) is 5.92 Å². The number of hydrogen-bond donors (Lipinski definition) is 1. The van der Waals surface area contributed by atoms with E-state index in [4.69, 9.17) is 9.52 Å². The number of carboxylic acids is 1. The molecule has 5 nitrogen and oxygen atoms in total. The Morgan fingerprint density at radius 1 is 1.33 bits per heavy atom. The van der Waals surface area contributed by atoms with Gasteiger partial charge in [0, 0.05) is 24.9 Å². The first-order chi connectivity index (χ1) is 10.1. The number of aliphatic carboxylic acids is 1. The number of nitrogens with zero attached hydrogens (tertiary/aromatic N) is 1. The summed E-state index contributed by atoms with van der Waals surface area (Å²) >= 11 is 0. The van der Waals surface area contributed by atoms with Crippen LogP contribution in [-0.2, 0) is 4.79 Å². The molecule has 0 radical (unpaired) electrons. The highest BCUT2D eigenvalue weighted by Crippen LogP contribution is 2.25. The molecular weight excluding hydrogens is 270 g/mol. The van der Waals surface area contributed by atoms with Crippen LogP contribution in [0.4, 0.5) is 0 Å². The molecule has 1 aliphatic rings. The highest BCUT2D eigenvalue weighted by atomic mass is 16.4. The molecule has 1 saturated heterocycles. The van der Waals surface area contributed by atoms with E-state index in [1.807, 2.05) is 24.3 Å². The molecule has 1 N–H and O–H groups in total. The van der Waals surface area contributed by atoms with Crippen LogP contribution in [0, 0.1) is 5.92 Å². The molecule has 2 aromatic rings. The Hall–Kier alpha value is -2.30. The molecule has 1 aliphatic heterocycles. The Morgan fingerprint density at radius 2 is 2.14 bits per heavy atom. The van der Waals surface area contributed by atoms with Gasteiger partial charge in [-0.1, -0.05) is 18.2 Å². The summed E-state index contributed by atoms with van der Waals surface area (Å²) in [6.07, 6.45) is 3.32. The first-order valence-corrected chi connectivity index (χ1v) is 7.12. The van der Waals surface area contributed by atoms with Gasteiger partial charge < -0.3 is 14.4 Å². The molecule has 1 amide bonds. The number of hydrogen-bond acceptors (Lipinski definition) is 3. The monoisotopic (exact) mass is 287 g/mol. The fourth-order valence-corrected chi connectivity index (χ4v) is 2.98. The minimum Gasteiger partial charge on any atom is -0.481 e. The van der Waals surface area contributed by atoms with Crippen LogP contribution in [0.2, 0.25) is 0 Å². The van der Waals surface area contributed by atoms with Crippen LogP contribution in [0.3, 0.4) is 0 Å². The number of furan rings is 1. The van der Waals surface area contributed by atoms with Crippen LogP contribution in [0.15, 0.2) is 34.9 Å². The van der Waals surface area contributed by atoms with Gasteiger partial charge in [0.1, 0.15) is 11.8 Å². The second kappa shape index (κ2) is 5.60. The van der Waals surface area contributed by atoms with Crippen molar-refractivity contribution in [3.63, 3.8) is 0 Å². The lowest BCUT2D eigenvalue weighted by Crippen LogP contribution is -2.40. The smallest absolute Gasteiger partial charge is 0.303 e. The number of amides is 1. The van der Waals surface area contributed by atoms with Crippen LogP contribution in [-0.4, -0.2) is 35.0 Å². The van der Waals surface area contributed by atoms with Gasteiger partial charge in [0.15, 0.2) is 0 Å². The van der Waals surface area contributed by atoms with Gasteiger partial charge in [0.2, 0.25) is 0 Å². The molecule has 0 bridgehead atoms. The lowest BCUT2D eigenvalue weighted by atomic mass is 9.94. The van der Waals surface area contributed by atoms with Gasteiger partial charge in [-0.15, -0.1) is 0 Å². The van der Waals surface area contributed by atoms with E-state index in [1.54, 1.807) is 4.90 Å². The number of piperidine rings is 1. The Labute approximate surface area is 122 Å². The predicted octanol–water partition coefficient (Wildman–Crippen LogP) is 2.76. The Balaban J connectivity index is 1.80. The summed E-state index contributed by atoms with van der Waals surface area (Å²) in [5, 5.41) is 9.71. The van der Waals surface area contributed by atoms with Crippen LogP contribution >= 0.6 is 0 Å². The zero-order valence-corrected chi connectivity index (χ0v) is 11.6. The molecular formula is C16H17NO4. The van der Waals surface area contributed by atoms with E-state index in [9.17, 15) is 9.59 Å². The maximum atomic E-state index is 12.6. The van der Waals surface area contributed by atoms with Gasteiger partial charge in [-0.25, -0.2) is 0 Å². The molecule has 1 unspecified atom stereocenters. The second-order valence-electron chi connectivity index (χ2n) is 5.50. The summed E-state index contributed by atoms with van der Waals surface area (Å²) in [5.74, 6) is -0.837. The Morgan fingerprint density at radius 3 is 2.95 bits per heavy atom. The van der Waals surface area contributed by atoms with Gasteiger partial charge in [0.05, 0.1) is 5.56 Å². The van der Waals surface area contributed by atoms with Crippen molar-refractivity contribution < 1.29 is 19.1 Å². The number of carbonyl (C=O) groups is 2. The standard InChI is InChI=1S/C16H17NO4/c18-15(19)8-11-4-3-7-17(9-11)16(20)13-10-21-14-6-2-1-5-12(13)14/h1-2,5-6,10-11H,3-4,7-9H2,(H,18,19). The lowest BCUT2D eigenvalue weighted by Gasteiger charge is -2.31. The number of rotatable bonds is 3. The topological polar surface area (TPSA) is 70.8 Å². The van der Waals surface area contributed by atoms with Crippen molar-refractivity contribution >= 4 is 22.8 Å². The van der Waals surface area contributed by atoms with Crippen LogP contribution in [0.5, 0.6) is 0 Å². The van der Waals surface area contributed by atoms with E-state index in [0.29, 0.717) is 24.2 Å². The zero-order chi connectivity index (χ0) is 14.8. The summed E-state index contributed by atoms with van der Waals surface area (Å²) in [4.78, 5) is 25.2. The van der Waals surface area contributed by atoms with Crippen molar-refractivity contribution in [3.05, 3.63) is 36.1 Å². The average Bonchev–Trinajstić information content (AvgIpc) is 2.90. The highest BCUT2D eigenvalue weighted by Gasteiger charge is 2.27. The summed E-state index contributed by atoms with van der Waals surface area (Å²) in [5.41, 5.74) is 1.25. The molecule has 1 aromatic heterocycles. The molecule has 3 rings (SSSR count). The van der Waals surface area contributed by atoms with Crippen LogP contribution in [0.1, 0.15) is 29.6 Å². The second-order valence-corrected chi connectivity index (χ2v) is 5.50. The van der Waals surface area contributed by atoms with Crippen molar-refractivity contribution in [2.45, 2.75) is 19.3 Å². The number of carbonyl (C=O) groups excluding carboxylic acids is 1. The largest absolute Gasteiger partial charge is 0.481 e. The summed E-state index contributed by atoms with van der Waals surface area (Å²) in [7, 11) is 0. The van der Waals surface area contributed by atoms with Gasteiger partial charge in [-0.2, -0.15) is 0 Å². The summed E-state index contributed by atoms with van der Waals surface area (Å²) in [6, 6.07) is 7.43. The molecule has 0 saturated carbocycles. The van der Waals surface area contributed by atoms with Crippen molar-refractivity contribution in [1.29, 1.82) is 0 Å². The number of likely N-dealkylation sites (tertiary alicyclic amines) is 1. The van der Waals surface area contributed by atoms with E-state index in [-0.39, 0.29) is 18.2 Å². The Kier molecular flexibility index (Phi) is 3.64. The normalized spacial score (nSPS) is 18.9. The van der Waals surface area contributed by atoms with Gasteiger partial charge in [-0.3, -0.25) is 9.59 Å². The van der Waals surface area contributed by atoms with Gasteiger partial charge in [-0.05, 0) is 24.8 Å². The highest BCUT2D eigenvalue weighted by molar-refractivity contribution is 6.05. The molecule has 1 fully saturated rings. The lowest BCUT2D eigenvalue weighted by molar-refractivity contribution is -0.138. The van der Waals surface area contributed by atoms with E-state index in [1.165, 1.54) is 6.26 Å². The number of para-hydroxylation sites is 1. The third-order valence-electron chi connectivity index (χ3n) is 3.98. The molecule has 2 heterocycles. The molecule has 21 heavy (non-hydrogen) atoms. The first kappa shape index (κ1) is 13.7. The maximum absolute atomic E-state index is 12.6. The Bertz CT molecular complexity index is 676. The molecule has 0 aliphatic carbocycles. The van der Waals surface area contributed by atoms with Crippen LogP contribution in [0.25, 0.3) is 11.0 Å². The zero-order valence-electron chi connectivity index (χ0n) is 11.6. The van der Waals surface area contributed by atoms with E-state index >= 15 is 0 Å². The summed E-state index contributed by atoms with van der Waals surface area (Å²) in [6.45, 7) is 1.18. The molecule has 110 valence electrons. The molecule has 1 aromatic carbocycles.